The molecule has 1 heterocycles. The number of aliphatic hydroxyl groups excluding tert-OH is 1. The number of para-hydroxylation sites is 1. The molecule has 100 valence electrons. The molecule has 0 fully saturated rings. The molecular formula is C16H15N3O. The maximum atomic E-state index is 9.38. The van der Waals surface area contributed by atoms with E-state index in [1.165, 1.54) is 5.56 Å². The zero-order valence-electron chi connectivity index (χ0n) is 11.2. The zero-order valence-corrected chi connectivity index (χ0v) is 11.2. The second kappa shape index (κ2) is 5.27. The molecule has 3 aromatic rings. The molecule has 20 heavy (non-hydrogen) atoms. The lowest BCUT2D eigenvalue weighted by atomic mass is 10.1. The lowest BCUT2D eigenvalue weighted by Gasteiger charge is -2.05. The summed E-state index contributed by atoms with van der Waals surface area (Å²) in [6, 6.07) is 15.8. The molecule has 0 radical (unpaired) electrons. The number of hydrogen-bond donors (Lipinski definition) is 1. The summed E-state index contributed by atoms with van der Waals surface area (Å²) in [5.74, 6) is 0. The van der Waals surface area contributed by atoms with E-state index in [9.17, 15) is 5.11 Å². The summed E-state index contributed by atoms with van der Waals surface area (Å²) in [5.41, 5.74) is 4.72. The maximum Gasteiger partial charge on any atom is 0.113 e. The van der Waals surface area contributed by atoms with Crippen molar-refractivity contribution in [1.29, 1.82) is 0 Å². The van der Waals surface area contributed by atoms with Crippen LogP contribution in [0.25, 0.3) is 16.9 Å². The molecule has 1 N–H and O–H groups in total. The van der Waals surface area contributed by atoms with Crippen LogP contribution in [0, 0.1) is 6.92 Å². The summed E-state index contributed by atoms with van der Waals surface area (Å²) in [6.45, 7) is 2.03. The second-order valence-electron chi connectivity index (χ2n) is 4.70. The van der Waals surface area contributed by atoms with Crippen LogP contribution in [0.15, 0.2) is 54.7 Å². The van der Waals surface area contributed by atoms with Crippen molar-refractivity contribution in [1.82, 2.24) is 15.0 Å². The molecule has 4 nitrogen and oxygen atoms in total. The van der Waals surface area contributed by atoms with Crippen molar-refractivity contribution in [2.45, 2.75) is 13.5 Å². The van der Waals surface area contributed by atoms with Crippen LogP contribution in [0.3, 0.4) is 0 Å². The Morgan fingerprint density at radius 3 is 2.75 bits per heavy atom. The number of nitrogens with zero attached hydrogens (tertiary/aromatic N) is 3. The van der Waals surface area contributed by atoms with Crippen LogP contribution in [0.2, 0.25) is 0 Å². The van der Waals surface area contributed by atoms with Crippen LogP contribution in [0.4, 0.5) is 0 Å². The molecule has 3 rings (SSSR count). The van der Waals surface area contributed by atoms with Crippen molar-refractivity contribution in [2.24, 2.45) is 0 Å². The van der Waals surface area contributed by atoms with E-state index in [4.69, 9.17) is 0 Å². The highest BCUT2D eigenvalue weighted by molar-refractivity contribution is 5.59. The lowest BCUT2D eigenvalue weighted by Crippen LogP contribution is -2.00. The van der Waals surface area contributed by atoms with Crippen LogP contribution in [0.1, 0.15) is 11.1 Å². The SMILES string of the molecule is Cc1cccc(-c2cn(-c3ccccc3CO)nn2)c1. The third kappa shape index (κ3) is 2.33. The highest BCUT2D eigenvalue weighted by atomic mass is 16.3. The molecule has 0 aliphatic rings. The third-order valence-corrected chi connectivity index (χ3v) is 3.22. The second-order valence-corrected chi connectivity index (χ2v) is 4.70. The summed E-state index contributed by atoms with van der Waals surface area (Å²) >= 11 is 0. The van der Waals surface area contributed by atoms with Crippen molar-refractivity contribution < 1.29 is 5.11 Å². The van der Waals surface area contributed by atoms with E-state index in [1.807, 2.05) is 42.6 Å². The number of aliphatic hydroxyl groups is 1. The molecule has 0 aliphatic carbocycles. The number of aromatic nitrogens is 3. The summed E-state index contributed by atoms with van der Waals surface area (Å²) in [6.07, 6.45) is 1.88. The lowest BCUT2D eigenvalue weighted by molar-refractivity contribution is 0.281. The molecule has 0 unspecified atom stereocenters. The van der Waals surface area contributed by atoms with Gasteiger partial charge in [0.2, 0.25) is 0 Å². The van der Waals surface area contributed by atoms with E-state index in [1.54, 1.807) is 4.68 Å². The first-order valence-electron chi connectivity index (χ1n) is 6.46. The molecule has 1 aromatic heterocycles. The van der Waals surface area contributed by atoms with Crippen molar-refractivity contribution in [3.05, 3.63) is 65.9 Å². The first-order chi connectivity index (χ1) is 9.78. The van der Waals surface area contributed by atoms with Crippen LogP contribution < -0.4 is 0 Å². The monoisotopic (exact) mass is 265 g/mol. The Morgan fingerprint density at radius 2 is 1.95 bits per heavy atom. The fourth-order valence-corrected chi connectivity index (χ4v) is 2.19. The van der Waals surface area contributed by atoms with Gasteiger partial charge in [0, 0.05) is 11.1 Å². The normalized spacial score (nSPS) is 10.7. The van der Waals surface area contributed by atoms with Gasteiger partial charge < -0.3 is 5.11 Å². The van der Waals surface area contributed by atoms with Gasteiger partial charge in [-0.25, -0.2) is 4.68 Å². The molecule has 0 saturated carbocycles. The summed E-state index contributed by atoms with van der Waals surface area (Å²) in [4.78, 5) is 0. The first-order valence-corrected chi connectivity index (χ1v) is 6.46. The first kappa shape index (κ1) is 12.6. The van der Waals surface area contributed by atoms with Gasteiger partial charge in [-0.2, -0.15) is 0 Å². The van der Waals surface area contributed by atoms with E-state index in [0.29, 0.717) is 0 Å². The Hall–Kier alpha value is -2.46. The Kier molecular flexibility index (Phi) is 3.31. The fraction of sp³-hybridized carbons (Fsp3) is 0.125. The summed E-state index contributed by atoms with van der Waals surface area (Å²) in [5, 5.41) is 17.7. The largest absolute Gasteiger partial charge is 0.392 e. The van der Waals surface area contributed by atoms with Gasteiger partial charge in [-0.1, -0.05) is 47.2 Å². The smallest absolute Gasteiger partial charge is 0.113 e. The minimum Gasteiger partial charge on any atom is -0.392 e. The van der Waals surface area contributed by atoms with E-state index in [0.717, 1.165) is 22.5 Å². The molecular weight excluding hydrogens is 250 g/mol. The third-order valence-electron chi connectivity index (χ3n) is 3.22. The standard InChI is InChI=1S/C16H15N3O/c1-12-5-4-7-13(9-12)15-10-19(18-17-15)16-8-3-2-6-14(16)11-20/h2-10,20H,11H2,1H3. The highest BCUT2D eigenvalue weighted by Crippen LogP contribution is 2.20. The molecule has 0 bridgehead atoms. The van der Waals surface area contributed by atoms with E-state index < -0.39 is 0 Å². The van der Waals surface area contributed by atoms with Crippen LogP contribution in [-0.4, -0.2) is 20.1 Å². The highest BCUT2D eigenvalue weighted by Gasteiger charge is 2.08. The quantitative estimate of drug-likeness (QED) is 0.792. The van der Waals surface area contributed by atoms with Crippen molar-refractivity contribution in [3.8, 4) is 16.9 Å². The average Bonchev–Trinajstić information content (AvgIpc) is 2.97. The summed E-state index contributed by atoms with van der Waals surface area (Å²) < 4.78 is 1.70. The Morgan fingerprint density at radius 1 is 1.10 bits per heavy atom. The topological polar surface area (TPSA) is 50.9 Å². The number of hydrogen-bond acceptors (Lipinski definition) is 3. The minimum absolute atomic E-state index is 0.0180. The molecule has 0 aliphatic heterocycles. The average molecular weight is 265 g/mol. The molecule has 2 aromatic carbocycles. The van der Waals surface area contributed by atoms with Crippen LogP contribution in [0.5, 0.6) is 0 Å². The van der Waals surface area contributed by atoms with Gasteiger partial charge in [0.05, 0.1) is 18.5 Å². The van der Waals surface area contributed by atoms with Gasteiger partial charge in [-0.15, -0.1) is 5.10 Å². The van der Waals surface area contributed by atoms with E-state index in [-0.39, 0.29) is 6.61 Å². The van der Waals surface area contributed by atoms with Crippen molar-refractivity contribution >= 4 is 0 Å². The Labute approximate surface area is 117 Å². The number of benzene rings is 2. The zero-order chi connectivity index (χ0) is 13.9. The Balaban J connectivity index is 2.02. The van der Waals surface area contributed by atoms with Crippen molar-refractivity contribution in [3.63, 3.8) is 0 Å². The predicted octanol–water partition coefficient (Wildman–Crippen LogP) is 2.74. The molecule has 0 amide bonds. The van der Waals surface area contributed by atoms with Gasteiger partial charge in [-0.3, -0.25) is 0 Å². The summed E-state index contributed by atoms with van der Waals surface area (Å²) in [7, 11) is 0. The van der Waals surface area contributed by atoms with Gasteiger partial charge in [0.25, 0.3) is 0 Å². The van der Waals surface area contributed by atoms with Crippen LogP contribution >= 0.6 is 0 Å². The van der Waals surface area contributed by atoms with E-state index >= 15 is 0 Å². The minimum atomic E-state index is -0.0180. The Bertz CT molecular complexity index is 734. The maximum absolute atomic E-state index is 9.38. The van der Waals surface area contributed by atoms with Crippen LogP contribution in [-0.2, 0) is 6.61 Å². The van der Waals surface area contributed by atoms with E-state index in [2.05, 4.69) is 29.4 Å². The molecule has 0 atom stereocenters. The van der Waals surface area contributed by atoms with Gasteiger partial charge in [-0.05, 0) is 19.1 Å². The fourth-order valence-electron chi connectivity index (χ4n) is 2.19. The molecule has 4 heteroatoms. The van der Waals surface area contributed by atoms with Gasteiger partial charge in [0.15, 0.2) is 0 Å². The molecule has 0 spiro atoms. The van der Waals surface area contributed by atoms with Crippen molar-refractivity contribution in [2.75, 3.05) is 0 Å². The van der Waals surface area contributed by atoms with Gasteiger partial charge in [0.1, 0.15) is 5.69 Å². The predicted molar refractivity (Wildman–Crippen MR) is 77.5 cm³/mol. The molecule has 0 saturated heterocycles. The number of aryl methyl sites for hydroxylation is 1. The van der Waals surface area contributed by atoms with Gasteiger partial charge >= 0.3 is 0 Å². The number of rotatable bonds is 3.